The van der Waals surface area contributed by atoms with Gasteiger partial charge in [-0.1, -0.05) is 24.3 Å². The van der Waals surface area contributed by atoms with Gasteiger partial charge in [0.1, 0.15) is 5.84 Å². The molecule has 4 rings (SSSR count). The normalized spacial score (nSPS) is 20.6. The molecular weight excluding hydrogens is 342 g/mol. The quantitative estimate of drug-likeness (QED) is 0.824. The number of hydrogen-bond acceptors (Lipinski definition) is 5. The number of Topliss-reactive ketones (excluding diaryl/α,β-unsaturated/α-hetero) is 1. The number of anilines is 2. The molecule has 6 nitrogen and oxygen atoms in total. The summed E-state index contributed by atoms with van der Waals surface area (Å²) >= 11 is 0. The van der Waals surface area contributed by atoms with Crippen LogP contribution in [-0.2, 0) is 4.79 Å². The van der Waals surface area contributed by atoms with E-state index in [0.29, 0.717) is 29.3 Å². The van der Waals surface area contributed by atoms with E-state index in [9.17, 15) is 14.7 Å². The van der Waals surface area contributed by atoms with Crippen LogP contribution in [0, 0.1) is 6.92 Å². The topological polar surface area (TPSA) is 82.0 Å². The third-order valence-corrected chi connectivity index (χ3v) is 4.93. The summed E-state index contributed by atoms with van der Waals surface area (Å²) in [5.74, 6) is -0.291. The SMILES string of the molecule is C=CC(=O)Nc1cccc(N2CC[C@@]3(O)C(=O)c4cc(C)ccc4N=C23)c1. The van der Waals surface area contributed by atoms with Gasteiger partial charge in [0.2, 0.25) is 11.7 Å². The number of rotatable bonds is 3. The number of fused-ring (bicyclic) bond motifs is 2. The molecule has 1 fully saturated rings. The smallest absolute Gasteiger partial charge is 0.247 e. The van der Waals surface area contributed by atoms with E-state index >= 15 is 0 Å². The van der Waals surface area contributed by atoms with Crippen molar-refractivity contribution in [2.45, 2.75) is 18.9 Å². The molecular formula is C21H19N3O3. The predicted octanol–water partition coefficient (Wildman–Crippen LogP) is 2.99. The van der Waals surface area contributed by atoms with E-state index in [1.165, 1.54) is 6.08 Å². The third-order valence-electron chi connectivity index (χ3n) is 4.93. The van der Waals surface area contributed by atoms with E-state index in [1.807, 2.05) is 24.0 Å². The summed E-state index contributed by atoms with van der Waals surface area (Å²) in [6.45, 7) is 5.80. The Labute approximate surface area is 156 Å². The Hall–Kier alpha value is -3.25. The van der Waals surface area contributed by atoms with Crippen LogP contribution in [-0.4, -0.2) is 34.8 Å². The molecule has 0 unspecified atom stereocenters. The number of benzene rings is 2. The van der Waals surface area contributed by atoms with Crippen molar-refractivity contribution in [1.29, 1.82) is 0 Å². The van der Waals surface area contributed by atoms with Gasteiger partial charge in [0.25, 0.3) is 0 Å². The number of aryl methyl sites for hydroxylation is 1. The molecule has 1 amide bonds. The van der Waals surface area contributed by atoms with Gasteiger partial charge in [-0.2, -0.15) is 0 Å². The first-order valence-electron chi connectivity index (χ1n) is 8.70. The minimum Gasteiger partial charge on any atom is -0.374 e. The van der Waals surface area contributed by atoms with Gasteiger partial charge >= 0.3 is 0 Å². The number of aliphatic hydroxyl groups is 1. The molecule has 2 aromatic rings. The van der Waals surface area contributed by atoms with Crippen molar-refractivity contribution in [3.05, 3.63) is 66.2 Å². The average molecular weight is 361 g/mol. The summed E-state index contributed by atoms with van der Waals surface area (Å²) in [4.78, 5) is 31.0. The van der Waals surface area contributed by atoms with Crippen LogP contribution in [0.15, 0.2) is 60.1 Å². The van der Waals surface area contributed by atoms with E-state index in [2.05, 4.69) is 16.9 Å². The molecule has 2 aliphatic heterocycles. The number of carbonyl (C=O) groups excluding carboxylic acids is 2. The number of nitrogens with zero attached hydrogens (tertiary/aromatic N) is 2. The van der Waals surface area contributed by atoms with Gasteiger partial charge in [-0.05, 0) is 43.3 Å². The zero-order chi connectivity index (χ0) is 19.2. The van der Waals surface area contributed by atoms with E-state index in [1.54, 1.807) is 30.3 Å². The molecule has 2 aromatic carbocycles. The van der Waals surface area contributed by atoms with Gasteiger partial charge in [-0.15, -0.1) is 0 Å². The summed E-state index contributed by atoms with van der Waals surface area (Å²) in [5.41, 5.74) is 1.69. The van der Waals surface area contributed by atoms with Crippen molar-refractivity contribution in [1.82, 2.24) is 0 Å². The van der Waals surface area contributed by atoms with E-state index in [0.717, 1.165) is 11.3 Å². The third kappa shape index (κ3) is 2.74. The minimum atomic E-state index is -1.62. The largest absolute Gasteiger partial charge is 0.374 e. The standard InChI is InChI=1S/C21H19N3O3/c1-3-18(25)22-14-5-4-6-15(12-14)24-10-9-21(27)19(26)16-11-13(2)7-8-17(16)23-20(21)24/h3-8,11-12,27H,1,9-10H2,2H3,(H,22,25)/t21-/m1/s1. The molecule has 0 aliphatic carbocycles. The maximum absolute atomic E-state index is 13.0. The summed E-state index contributed by atoms with van der Waals surface area (Å²) in [6.07, 6.45) is 1.46. The lowest BCUT2D eigenvalue weighted by Crippen LogP contribution is -2.48. The van der Waals surface area contributed by atoms with Crippen molar-refractivity contribution in [3.63, 3.8) is 0 Å². The zero-order valence-corrected chi connectivity index (χ0v) is 14.9. The molecule has 0 saturated carbocycles. The molecule has 2 aliphatic rings. The fraction of sp³-hybridized carbons (Fsp3) is 0.190. The second kappa shape index (κ2) is 6.17. The minimum absolute atomic E-state index is 0.265. The van der Waals surface area contributed by atoms with Crippen LogP contribution in [0.25, 0.3) is 0 Å². The molecule has 0 spiro atoms. The molecule has 0 aromatic heterocycles. The summed E-state index contributed by atoms with van der Waals surface area (Å²) in [7, 11) is 0. The number of amidine groups is 1. The molecule has 0 bridgehead atoms. The number of amides is 1. The van der Waals surface area contributed by atoms with Crippen LogP contribution in [0.5, 0.6) is 0 Å². The van der Waals surface area contributed by atoms with Gasteiger partial charge in [0, 0.05) is 29.9 Å². The number of hydrogen-bond donors (Lipinski definition) is 2. The highest BCUT2D eigenvalue weighted by atomic mass is 16.3. The molecule has 1 atom stereocenters. The Bertz CT molecular complexity index is 1010. The summed E-state index contributed by atoms with van der Waals surface area (Å²) in [6, 6.07) is 12.7. The van der Waals surface area contributed by atoms with Crippen LogP contribution in [0.1, 0.15) is 22.3 Å². The monoisotopic (exact) mass is 361 g/mol. The maximum atomic E-state index is 13.0. The highest BCUT2D eigenvalue weighted by Crippen LogP contribution is 2.40. The second-order valence-corrected chi connectivity index (χ2v) is 6.79. The fourth-order valence-electron chi connectivity index (χ4n) is 3.54. The first kappa shape index (κ1) is 17.2. The Morgan fingerprint density at radius 1 is 1.33 bits per heavy atom. The number of ketones is 1. The lowest BCUT2D eigenvalue weighted by atomic mass is 9.87. The average Bonchev–Trinajstić information content (AvgIpc) is 3.01. The first-order valence-corrected chi connectivity index (χ1v) is 8.70. The number of nitrogens with one attached hydrogen (secondary N) is 1. The second-order valence-electron chi connectivity index (χ2n) is 6.79. The van der Waals surface area contributed by atoms with Gasteiger partial charge in [-0.3, -0.25) is 9.59 Å². The summed E-state index contributed by atoms with van der Waals surface area (Å²) in [5, 5.41) is 13.8. The van der Waals surface area contributed by atoms with Crippen LogP contribution in [0.4, 0.5) is 17.1 Å². The van der Waals surface area contributed by atoms with Gasteiger partial charge in [-0.25, -0.2) is 4.99 Å². The Morgan fingerprint density at radius 3 is 2.93 bits per heavy atom. The molecule has 136 valence electrons. The predicted molar refractivity (Wildman–Crippen MR) is 105 cm³/mol. The Kier molecular flexibility index (Phi) is 3.93. The summed E-state index contributed by atoms with van der Waals surface area (Å²) < 4.78 is 0. The molecule has 1 saturated heterocycles. The molecule has 2 N–H and O–H groups in total. The van der Waals surface area contributed by atoms with Crippen molar-refractivity contribution < 1.29 is 14.7 Å². The van der Waals surface area contributed by atoms with E-state index in [4.69, 9.17) is 0 Å². The highest BCUT2D eigenvalue weighted by Gasteiger charge is 2.52. The Morgan fingerprint density at radius 2 is 2.15 bits per heavy atom. The van der Waals surface area contributed by atoms with Crippen LogP contribution in [0.2, 0.25) is 0 Å². The first-order chi connectivity index (χ1) is 12.9. The lowest BCUT2D eigenvalue weighted by molar-refractivity contribution is -0.111. The van der Waals surface area contributed by atoms with Gasteiger partial charge in [0.15, 0.2) is 5.60 Å². The Balaban J connectivity index is 1.76. The van der Waals surface area contributed by atoms with Crippen molar-refractivity contribution in [3.8, 4) is 0 Å². The van der Waals surface area contributed by atoms with E-state index < -0.39 is 5.60 Å². The lowest BCUT2D eigenvalue weighted by Gasteiger charge is -2.30. The highest BCUT2D eigenvalue weighted by molar-refractivity contribution is 6.28. The van der Waals surface area contributed by atoms with Gasteiger partial charge in [0.05, 0.1) is 5.69 Å². The maximum Gasteiger partial charge on any atom is 0.247 e. The number of aliphatic imine (C=N–C) groups is 1. The molecule has 27 heavy (non-hydrogen) atoms. The zero-order valence-electron chi connectivity index (χ0n) is 14.9. The van der Waals surface area contributed by atoms with Crippen LogP contribution >= 0.6 is 0 Å². The van der Waals surface area contributed by atoms with Gasteiger partial charge < -0.3 is 15.3 Å². The van der Waals surface area contributed by atoms with Crippen molar-refractivity contribution >= 4 is 34.6 Å². The molecule has 0 radical (unpaired) electrons. The van der Waals surface area contributed by atoms with Crippen molar-refractivity contribution in [2.75, 3.05) is 16.8 Å². The molecule has 6 heteroatoms. The van der Waals surface area contributed by atoms with Crippen LogP contribution < -0.4 is 10.2 Å². The van der Waals surface area contributed by atoms with Crippen LogP contribution in [0.3, 0.4) is 0 Å². The van der Waals surface area contributed by atoms with Crippen molar-refractivity contribution in [2.24, 2.45) is 4.99 Å². The van der Waals surface area contributed by atoms with E-state index in [-0.39, 0.29) is 18.1 Å². The molecule has 2 heterocycles. The fourth-order valence-corrected chi connectivity index (χ4v) is 3.54. The number of carbonyl (C=O) groups is 2.